The van der Waals surface area contributed by atoms with Crippen molar-refractivity contribution in [3.05, 3.63) is 65.5 Å². The predicted molar refractivity (Wildman–Crippen MR) is 107 cm³/mol. The summed E-state index contributed by atoms with van der Waals surface area (Å²) in [5, 5.41) is 7.49. The number of unbranched alkanes of at least 4 members (excludes halogenated alkanes) is 1. The number of ether oxygens (including phenoxy) is 1. The molecule has 1 amide bonds. The third-order valence-electron chi connectivity index (χ3n) is 4.04. The number of rotatable bonds is 10. The monoisotopic (exact) mass is 399 g/mol. The second kappa shape index (κ2) is 10.5. The Kier molecular flexibility index (Phi) is 7.44. The van der Waals surface area contributed by atoms with Gasteiger partial charge in [-0.2, -0.15) is 4.98 Å². The number of para-hydroxylation sites is 1. The van der Waals surface area contributed by atoms with Crippen LogP contribution in [0.4, 0.5) is 0 Å². The molecule has 1 heterocycles. The molecule has 0 aliphatic heterocycles. The number of carbonyl (C=O) groups excluding carboxylic acids is 1. The van der Waals surface area contributed by atoms with E-state index in [-0.39, 0.29) is 5.91 Å². The van der Waals surface area contributed by atoms with Crippen molar-refractivity contribution in [3.63, 3.8) is 0 Å². The van der Waals surface area contributed by atoms with Crippen LogP contribution < -0.4 is 10.1 Å². The first-order valence-corrected chi connectivity index (χ1v) is 9.61. The van der Waals surface area contributed by atoms with Crippen molar-refractivity contribution in [2.75, 3.05) is 13.2 Å². The highest BCUT2D eigenvalue weighted by Crippen LogP contribution is 2.19. The van der Waals surface area contributed by atoms with Gasteiger partial charge in [-0.3, -0.25) is 4.79 Å². The van der Waals surface area contributed by atoms with Gasteiger partial charge in [0.2, 0.25) is 17.6 Å². The Balaban J connectivity index is 1.30. The number of amides is 1. The van der Waals surface area contributed by atoms with Crippen LogP contribution in [0.25, 0.3) is 11.4 Å². The maximum atomic E-state index is 11.9. The fraction of sp³-hybridized carbons (Fsp3) is 0.286. The molecular formula is C21H22ClN3O3. The minimum absolute atomic E-state index is 0.0322. The van der Waals surface area contributed by atoms with Crippen LogP contribution in [0.3, 0.4) is 0 Å². The van der Waals surface area contributed by atoms with E-state index in [1.165, 1.54) is 0 Å². The van der Waals surface area contributed by atoms with Crippen molar-refractivity contribution >= 4 is 17.5 Å². The van der Waals surface area contributed by atoms with Gasteiger partial charge < -0.3 is 14.6 Å². The number of hydrogen-bond acceptors (Lipinski definition) is 5. The molecule has 7 heteroatoms. The Bertz CT molecular complexity index is 866. The zero-order chi connectivity index (χ0) is 19.6. The number of benzene rings is 2. The van der Waals surface area contributed by atoms with Crippen LogP contribution in [-0.4, -0.2) is 29.2 Å². The molecule has 0 aliphatic rings. The molecule has 146 valence electrons. The highest BCUT2D eigenvalue weighted by atomic mass is 35.5. The topological polar surface area (TPSA) is 77.2 Å². The summed E-state index contributed by atoms with van der Waals surface area (Å²) >= 11 is 5.87. The van der Waals surface area contributed by atoms with Crippen LogP contribution in [0, 0.1) is 0 Å². The van der Waals surface area contributed by atoms with Crippen molar-refractivity contribution in [1.82, 2.24) is 15.5 Å². The molecule has 0 radical (unpaired) electrons. The summed E-state index contributed by atoms with van der Waals surface area (Å²) in [5.41, 5.74) is 0.821. The Morgan fingerprint density at radius 1 is 1.07 bits per heavy atom. The summed E-state index contributed by atoms with van der Waals surface area (Å²) in [6, 6.07) is 16.9. The first kappa shape index (κ1) is 19.9. The molecule has 0 aliphatic carbocycles. The normalized spacial score (nSPS) is 10.6. The van der Waals surface area contributed by atoms with Crippen LogP contribution in [-0.2, 0) is 11.2 Å². The summed E-state index contributed by atoms with van der Waals surface area (Å²) in [5.74, 6) is 1.76. The molecule has 6 nitrogen and oxygen atoms in total. The maximum absolute atomic E-state index is 11.9. The highest BCUT2D eigenvalue weighted by molar-refractivity contribution is 6.30. The summed E-state index contributed by atoms with van der Waals surface area (Å²) in [6.07, 6.45) is 2.45. The third kappa shape index (κ3) is 6.39. The molecule has 0 bridgehead atoms. The van der Waals surface area contributed by atoms with Crippen LogP contribution in [0.5, 0.6) is 5.75 Å². The fourth-order valence-corrected chi connectivity index (χ4v) is 2.67. The Hall–Kier alpha value is -2.86. The van der Waals surface area contributed by atoms with Crippen molar-refractivity contribution < 1.29 is 14.1 Å². The first-order valence-electron chi connectivity index (χ1n) is 9.24. The molecule has 0 atom stereocenters. The number of nitrogens with zero attached hydrogens (tertiary/aromatic N) is 2. The second-order valence-electron chi connectivity index (χ2n) is 6.24. The van der Waals surface area contributed by atoms with Gasteiger partial charge in [0.1, 0.15) is 5.75 Å². The van der Waals surface area contributed by atoms with Gasteiger partial charge in [-0.05, 0) is 49.2 Å². The molecule has 1 N–H and O–H groups in total. The summed E-state index contributed by atoms with van der Waals surface area (Å²) in [4.78, 5) is 16.3. The standard InChI is InChI=1S/C21H22ClN3O3/c22-17-10-8-16(9-11-17)21-24-20(28-25-21)13-12-19(26)23-14-4-5-15-27-18-6-2-1-3-7-18/h1-3,6-11H,4-5,12-15H2,(H,23,26). The van der Waals surface area contributed by atoms with Gasteiger partial charge in [-0.25, -0.2) is 0 Å². The number of aryl methyl sites for hydroxylation is 1. The van der Waals surface area contributed by atoms with E-state index in [2.05, 4.69) is 15.5 Å². The SMILES string of the molecule is O=C(CCc1nc(-c2ccc(Cl)cc2)no1)NCCCCOc1ccccc1. The Labute approximate surface area is 168 Å². The van der Waals surface area contributed by atoms with E-state index in [0.29, 0.717) is 42.7 Å². The molecule has 3 rings (SSSR count). The van der Waals surface area contributed by atoms with Gasteiger partial charge in [-0.15, -0.1) is 0 Å². The lowest BCUT2D eigenvalue weighted by molar-refractivity contribution is -0.121. The number of carbonyl (C=O) groups is 1. The number of halogens is 1. The lowest BCUT2D eigenvalue weighted by atomic mass is 10.2. The van der Waals surface area contributed by atoms with Gasteiger partial charge >= 0.3 is 0 Å². The van der Waals surface area contributed by atoms with Crippen LogP contribution >= 0.6 is 11.6 Å². The van der Waals surface area contributed by atoms with Gasteiger partial charge in [0.05, 0.1) is 6.61 Å². The highest BCUT2D eigenvalue weighted by Gasteiger charge is 2.10. The Morgan fingerprint density at radius 2 is 1.86 bits per heavy atom. The van der Waals surface area contributed by atoms with E-state index in [9.17, 15) is 4.79 Å². The van der Waals surface area contributed by atoms with E-state index in [0.717, 1.165) is 24.2 Å². The average Bonchev–Trinajstić information content (AvgIpc) is 3.19. The third-order valence-corrected chi connectivity index (χ3v) is 4.29. The minimum Gasteiger partial charge on any atom is -0.494 e. The molecule has 0 saturated heterocycles. The summed E-state index contributed by atoms with van der Waals surface area (Å²) < 4.78 is 10.8. The molecule has 1 aromatic heterocycles. The molecule has 0 unspecified atom stereocenters. The van der Waals surface area contributed by atoms with Crippen LogP contribution in [0.1, 0.15) is 25.2 Å². The van der Waals surface area contributed by atoms with Crippen molar-refractivity contribution in [2.45, 2.75) is 25.7 Å². The van der Waals surface area contributed by atoms with Crippen LogP contribution in [0.15, 0.2) is 59.1 Å². The van der Waals surface area contributed by atoms with E-state index >= 15 is 0 Å². The lowest BCUT2D eigenvalue weighted by Gasteiger charge is -2.06. The predicted octanol–water partition coefficient (Wildman–Crippen LogP) is 4.30. The second-order valence-corrected chi connectivity index (χ2v) is 6.67. The Morgan fingerprint density at radius 3 is 2.64 bits per heavy atom. The molecular weight excluding hydrogens is 378 g/mol. The zero-order valence-electron chi connectivity index (χ0n) is 15.4. The molecule has 0 saturated carbocycles. The smallest absolute Gasteiger partial charge is 0.227 e. The minimum atomic E-state index is -0.0322. The molecule has 0 fully saturated rings. The number of aromatic nitrogens is 2. The first-order chi connectivity index (χ1) is 13.7. The molecule has 28 heavy (non-hydrogen) atoms. The average molecular weight is 400 g/mol. The molecule has 3 aromatic rings. The lowest BCUT2D eigenvalue weighted by Crippen LogP contribution is -2.25. The molecule has 2 aromatic carbocycles. The van der Waals surface area contributed by atoms with E-state index in [4.69, 9.17) is 20.9 Å². The quantitative estimate of drug-likeness (QED) is 0.514. The van der Waals surface area contributed by atoms with Crippen molar-refractivity contribution in [1.29, 1.82) is 0 Å². The maximum Gasteiger partial charge on any atom is 0.227 e. The van der Waals surface area contributed by atoms with Crippen LogP contribution in [0.2, 0.25) is 5.02 Å². The van der Waals surface area contributed by atoms with Crippen molar-refractivity contribution in [2.24, 2.45) is 0 Å². The van der Waals surface area contributed by atoms with E-state index in [1.54, 1.807) is 12.1 Å². The van der Waals surface area contributed by atoms with Gasteiger partial charge in [-0.1, -0.05) is 35.0 Å². The van der Waals surface area contributed by atoms with Gasteiger partial charge in [0.25, 0.3) is 0 Å². The summed E-state index contributed by atoms with van der Waals surface area (Å²) in [6.45, 7) is 1.26. The van der Waals surface area contributed by atoms with E-state index < -0.39 is 0 Å². The number of nitrogens with one attached hydrogen (secondary N) is 1. The van der Waals surface area contributed by atoms with Gasteiger partial charge in [0, 0.05) is 30.0 Å². The number of hydrogen-bond donors (Lipinski definition) is 1. The fourth-order valence-electron chi connectivity index (χ4n) is 2.54. The molecule has 0 spiro atoms. The van der Waals surface area contributed by atoms with E-state index in [1.807, 2.05) is 42.5 Å². The van der Waals surface area contributed by atoms with Gasteiger partial charge in [0.15, 0.2) is 0 Å². The van der Waals surface area contributed by atoms with Crippen molar-refractivity contribution in [3.8, 4) is 17.1 Å². The largest absolute Gasteiger partial charge is 0.494 e. The zero-order valence-corrected chi connectivity index (χ0v) is 16.2. The summed E-state index contributed by atoms with van der Waals surface area (Å²) in [7, 11) is 0.